The van der Waals surface area contributed by atoms with Gasteiger partial charge in [-0.3, -0.25) is 4.79 Å². The number of hydrogen-bond donors (Lipinski definition) is 1. The molecule has 0 unspecified atom stereocenters. The monoisotopic (exact) mass is 183 g/mol. The number of halogens is 1. The van der Waals surface area contributed by atoms with Crippen molar-refractivity contribution >= 4 is 5.91 Å². The van der Waals surface area contributed by atoms with Gasteiger partial charge in [0.2, 0.25) is 5.91 Å². The van der Waals surface area contributed by atoms with Gasteiger partial charge in [0.15, 0.2) is 0 Å². The van der Waals surface area contributed by atoms with E-state index in [0.717, 1.165) is 0 Å². The van der Waals surface area contributed by atoms with Crippen LogP contribution in [-0.4, -0.2) is 13.0 Å². The van der Waals surface area contributed by atoms with Crippen LogP contribution in [0.3, 0.4) is 0 Å². The second-order valence-electron chi connectivity index (χ2n) is 2.72. The molecular formula is C10H14FNO. The second-order valence-corrected chi connectivity index (χ2v) is 2.72. The quantitative estimate of drug-likeness (QED) is 0.527. The van der Waals surface area contributed by atoms with Crippen LogP contribution in [0.5, 0.6) is 0 Å². The lowest BCUT2D eigenvalue weighted by Gasteiger charge is -1.96. The van der Waals surface area contributed by atoms with Gasteiger partial charge in [-0.2, -0.15) is 0 Å². The van der Waals surface area contributed by atoms with Crippen molar-refractivity contribution in [3.8, 4) is 0 Å². The molecule has 2 nitrogen and oxygen atoms in total. The zero-order chi connectivity index (χ0) is 10.4. The SMILES string of the molecule is C=C(C)/C(F)=C\C=C(/C)C(=O)NC. The van der Waals surface area contributed by atoms with Gasteiger partial charge in [-0.15, -0.1) is 0 Å². The standard InChI is InChI=1S/C10H14FNO/c1-7(2)9(11)6-5-8(3)10(13)12-4/h5-6H,1H2,2-4H3,(H,12,13)/b8-5+,9-6+. The molecule has 0 saturated carbocycles. The number of allylic oxidation sites excluding steroid dienone is 4. The van der Waals surface area contributed by atoms with Crippen LogP contribution in [0.25, 0.3) is 0 Å². The molecule has 0 atom stereocenters. The van der Waals surface area contributed by atoms with Crippen LogP contribution in [0, 0.1) is 0 Å². The van der Waals surface area contributed by atoms with Gasteiger partial charge in [0.05, 0.1) is 0 Å². The van der Waals surface area contributed by atoms with Gasteiger partial charge in [0.25, 0.3) is 0 Å². The van der Waals surface area contributed by atoms with Gasteiger partial charge in [0.1, 0.15) is 5.83 Å². The van der Waals surface area contributed by atoms with Gasteiger partial charge in [-0.05, 0) is 25.5 Å². The van der Waals surface area contributed by atoms with Gasteiger partial charge in [0, 0.05) is 12.6 Å². The van der Waals surface area contributed by atoms with Gasteiger partial charge >= 0.3 is 0 Å². The third-order valence-electron chi connectivity index (χ3n) is 1.47. The van der Waals surface area contributed by atoms with Gasteiger partial charge < -0.3 is 5.32 Å². The number of rotatable bonds is 3. The molecule has 0 aromatic carbocycles. The molecule has 0 aromatic heterocycles. The van der Waals surface area contributed by atoms with E-state index in [0.29, 0.717) is 11.1 Å². The summed E-state index contributed by atoms with van der Waals surface area (Å²) >= 11 is 0. The van der Waals surface area contributed by atoms with Gasteiger partial charge in [-0.25, -0.2) is 4.39 Å². The first-order valence-electron chi connectivity index (χ1n) is 3.91. The number of likely N-dealkylation sites (N-methyl/N-ethyl adjacent to an activating group) is 1. The van der Waals surface area contributed by atoms with Crippen molar-refractivity contribution in [2.45, 2.75) is 13.8 Å². The fraction of sp³-hybridized carbons (Fsp3) is 0.300. The van der Waals surface area contributed by atoms with E-state index in [1.165, 1.54) is 19.2 Å². The first kappa shape index (κ1) is 11.6. The lowest BCUT2D eigenvalue weighted by Crippen LogP contribution is -2.18. The van der Waals surface area contributed by atoms with Crippen LogP contribution in [0.1, 0.15) is 13.8 Å². The Morgan fingerprint density at radius 2 is 1.92 bits per heavy atom. The maximum absolute atomic E-state index is 12.8. The third kappa shape index (κ3) is 4.25. The molecule has 0 aromatic rings. The molecule has 72 valence electrons. The average Bonchev–Trinajstić information content (AvgIpc) is 2.11. The minimum atomic E-state index is -0.414. The molecule has 0 radical (unpaired) electrons. The Bertz CT molecular complexity index is 277. The Hall–Kier alpha value is -1.38. The topological polar surface area (TPSA) is 29.1 Å². The minimum absolute atomic E-state index is 0.217. The molecule has 0 aliphatic heterocycles. The Morgan fingerprint density at radius 3 is 2.31 bits per heavy atom. The Morgan fingerprint density at radius 1 is 1.38 bits per heavy atom. The highest BCUT2D eigenvalue weighted by atomic mass is 19.1. The van der Waals surface area contributed by atoms with Crippen molar-refractivity contribution in [3.63, 3.8) is 0 Å². The third-order valence-corrected chi connectivity index (χ3v) is 1.47. The highest BCUT2D eigenvalue weighted by Gasteiger charge is 1.98. The molecule has 0 fully saturated rings. The summed E-state index contributed by atoms with van der Waals surface area (Å²) in [5.74, 6) is -0.631. The van der Waals surface area contributed by atoms with E-state index in [1.54, 1.807) is 13.8 Å². The fourth-order valence-corrected chi connectivity index (χ4v) is 0.613. The molecule has 3 heteroatoms. The second kappa shape index (κ2) is 5.30. The van der Waals surface area contributed by atoms with Crippen LogP contribution in [0.2, 0.25) is 0 Å². The summed E-state index contributed by atoms with van der Waals surface area (Å²) in [5.41, 5.74) is 0.805. The van der Waals surface area contributed by atoms with E-state index < -0.39 is 5.83 Å². The largest absolute Gasteiger partial charge is 0.355 e. The molecule has 0 saturated heterocycles. The lowest BCUT2D eigenvalue weighted by molar-refractivity contribution is -0.116. The van der Waals surface area contributed by atoms with Crippen LogP contribution >= 0.6 is 0 Å². The Balaban J connectivity index is 4.51. The van der Waals surface area contributed by atoms with E-state index in [1.807, 2.05) is 0 Å². The Kier molecular flexibility index (Phi) is 4.74. The summed E-state index contributed by atoms with van der Waals surface area (Å²) in [6.07, 6.45) is 2.65. The van der Waals surface area contributed by atoms with E-state index in [4.69, 9.17) is 0 Å². The number of nitrogens with one attached hydrogen (secondary N) is 1. The fourth-order valence-electron chi connectivity index (χ4n) is 0.613. The molecule has 0 heterocycles. The predicted octanol–water partition coefficient (Wildman–Crippen LogP) is 2.11. The van der Waals surface area contributed by atoms with Crippen molar-refractivity contribution in [3.05, 3.63) is 35.7 Å². The first-order chi connectivity index (χ1) is 5.99. The summed E-state index contributed by atoms with van der Waals surface area (Å²) in [6, 6.07) is 0. The molecule has 0 rings (SSSR count). The lowest BCUT2D eigenvalue weighted by atomic mass is 10.2. The molecule has 13 heavy (non-hydrogen) atoms. The smallest absolute Gasteiger partial charge is 0.246 e. The molecule has 0 aliphatic rings. The maximum atomic E-state index is 12.8. The summed E-state index contributed by atoms with van der Waals surface area (Å²) in [6.45, 7) is 6.60. The minimum Gasteiger partial charge on any atom is -0.355 e. The molecular weight excluding hydrogens is 169 g/mol. The molecule has 0 bridgehead atoms. The number of carbonyl (C=O) groups excluding carboxylic acids is 1. The van der Waals surface area contributed by atoms with Crippen molar-refractivity contribution in [1.82, 2.24) is 5.32 Å². The van der Waals surface area contributed by atoms with Crippen molar-refractivity contribution < 1.29 is 9.18 Å². The summed E-state index contributed by atoms with van der Waals surface area (Å²) < 4.78 is 12.8. The summed E-state index contributed by atoms with van der Waals surface area (Å²) in [5, 5.41) is 2.44. The summed E-state index contributed by atoms with van der Waals surface area (Å²) in [7, 11) is 1.53. The maximum Gasteiger partial charge on any atom is 0.246 e. The van der Waals surface area contributed by atoms with E-state index in [-0.39, 0.29) is 5.91 Å². The summed E-state index contributed by atoms with van der Waals surface area (Å²) in [4.78, 5) is 10.9. The van der Waals surface area contributed by atoms with E-state index >= 15 is 0 Å². The van der Waals surface area contributed by atoms with Crippen molar-refractivity contribution in [2.24, 2.45) is 0 Å². The van der Waals surface area contributed by atoms with Crippen LogP contribution in [-0.2, 0) is 4.79 Å². The van der Waals surface area contributed by atoms with Crippen molar-refractivity contribution in [1.29, 1.82) is 0 Å². The van der Waals surface area contributed by atoms with Crippen molar-refractivity contribution in [2.75, 3.05) is 7.05 Å². The number of carbonyl (C=O) groups is 1. The first-order valence-corrected chi connectivity index (χ1v) is 3.91. The van der Waals surface area contributed by atoms with Gasteiger partial charge in [-0.1, -0.05) is 12.7 Å². The average molecular weight is 183 g/mol. The molecule has 0 aliphatic carbocycles. The van der Waals surface area contributed by atoms with Crippen LogP contribution < -0.4 is 5.32 Å². The predicted molar refractivity (Wildman–Crippen MR) is 51.8 cm³/mol. The highest BCUT2D eigenvalue weighted by Crippen LogP contribution is 2.08. The zero-order valence-electron chi connectivity index (χ0n) is 8.15. The zero-order valence-corrected chi connectivity index (χ0v) is 8.15. The highest BCUT2D eigenvalue weighted by molar-refractivity contribution is 5.92. The Labute approximate surface area is 77.8 Å². The van der Waals surface area contributed by atoms with E-state index in [9.17, 15) is 9.18 Å². The number of hydrogen-bond acceptors (Lipinski definition) is 1. The molecule has 1 amide bonds. The van der Waals surface area contributed by atoms with Crippen LogP contribution in [0.4, 0.5) is 4.39 Å². The normalized spacial score (nSPS) is 12.6. The molecule has 1 N–H and O–H groups in total. The van der Waals surface area contributed by atoms with E-state index in [2.05, 4.69) is 11.9 Å². The van der Waals surface area contributed by atoms with Crippen LogP contribution in [0.15, 0.2) is 35.7 Å². The number of amides is 1. The molecule has 0 spiro atoms.